The van der Waals surface area contributed by atoms with Crippen LogP contribution in [-0.4, -0.2) is 20.9 Å². The molecule has 110 valence electrons. The van der Waals surface area contributed by atoms with Gasteiger partial charge in [-0.3, -0.25) is 4.79 Å². The van der Waals surface area contributed by atoms with Crippen LogP contribution in [0.1, 0.15) is 0 Å². The molecule has 0 spiro atoms. The Kier molecular flexibility index (Phi) is 4.62. The van der Waals surface area contributed by atoms with Gasteiger partial charge in [-0.05, 0) is 36.4 Å². The van der Waals surface area contributed by atoms with E-state index in [-0.39, 0.29) is 16.3 Å². The summed E-state index contributed by atoms with van der Waals surface area (Å²) in [6.45, 7) is -0.175. The van der Waals surface area contributed by atoms with Gasteiger partial charge in [-0.1, -0.05) is 23.7 Å². The number of hydrogen-bond acceptors (Lipinski definition) is 4. The minimum atomic E-state index is -3.69. The largest absolute Gasteiger partial charge is 0.325 e. The van der Waals surface area contributed by atoms with E-state index in [0.29, 0.717) is 10.7 Å². The molecule has 21 heavy (non-hydrogen) atoms. The zero-order valence-corrected chi connectivity index (χ0v) is 12.5. The third-order valence-corrected chi connectivity index (χ3v) is 4.70. The fourth-order valence-corrected chi connectivity index (χ4v) is 3.33. The number of carbonyl (C=O) groups is 1. The molecule has 2 aromatic carbocycles. The number of halogens is 1. The molecule has 2 rings (SSSR count). The minimum absolute atomic E-state index is 0.0691. The lowest BCUT2D eigenvalue weighted by Gasteiger charge is -2.08. The number of hydrogen-bond donors (Lipinski definition) is 2. The number of benzene rings is 2. The zero-order chi connectivity index (χ0) is 15.5. The van der Waals surface area contributed by atoms with Crippen molar-refractivity contribution in [3.63, 3.8) is 0 Å². The highest BCUT2D eigenvalue weighted by atomic mass is 35.5. The molecule has 0 radical (unpaired) electrons. The van der Waals surface area contributed by atoms with Crippen LogP contribution in [0.3, 0.4) is 0 Å². The van der Waals surface area contributed by atoms with E-state index in [0.717, 1.165) is 0 Å². The highest BCUT2D eigenvalue weighted by molar-refractivity contribution is 7.91. The number of nitrogens with two attached hydrogens (primary N) is 1. The van der Waals surface area contributed by atoms with Crippen molar-refractivity contribution in [3.8, 4) is 0 Å². The van der Waals surface area contributed by atoms with Crippen LogP contribution >= 0.6 is 11.6 Å². The molecule has 2 aromatic rings. The van der Waals surface area contributed by atoms with Gasteiger partial charge in [-0.2, -0.15) is 0 Å². The average Bonchev–Trinajstić information content (AvgIpc) is 2.47. The molecule has 0 saturated heterocycles. The molecular formula is C14H13ClN2O3S. The Morgan fingerprint density at radius 1 is 1.10 bits per heavy atom. The third kappa shape index (κ3) is 3.60. The van der Waals surface area contributed by atoms with Crippen molar-refractivity contribution in [2.24, 2.45) is 5.73 Å². The van der Waals surface area contributed by atoms with Crippen LogP contribution in [0.2, 0.25) is 5.02 Å². The number of amides is 1. The lowest BCUT2D eigenvalue weighted by Crippen LogP contribution is -2.21. The number of anilines is 1. The Balaban J connectivity index is 2.41. The fraction of sp³-hybridized carbons (Fsp3) is 0.0714. The first-order valence-electron chi connectivity index (χ1n) is 6.04. The average molecular weight is 325 g/mol. The zero-order valence-electron chi connectivity index (χ0n) is 10.9. The molecule has 0 aromatic heterocycles. The van der Waals surface area contributed by atoms with Gasteiger partial charge in [0.2, 0.25) is 15.7 Å². The number of sulfone groups is 1. The van der Waals surface area contributed by atoms with E-state index in [1.54, 1.807) is 24.3 Å². The van der Waals surface area contributed by atoms with E-state index in [4.69, 9.17) is 17.3 Å². The summed E-state index contributed by atoms with van der Waals surface area (Å²) in [5.41, 5.74) is 5.58. The summed E-state index contributed by atoms with van der Waals surface area (Å²) in [5.74, 6) is -0.396. The predicted octanol–water partition coefficient (Wildman–Crippen LogP) is 2.07. The molecule has 5 nitrogen and oxygen atoms in total. The molecule has 7 heteroatoms. The highest BCUT2D eigenvalue weighted by Crippen LogP contribution is 2.25. The Morgan fingerprint density at radius 3 is 2.33 bits per heavy atom. The first kappa shape index (κ1) is 15.5. The maximum Gasteiger partial charge on any atom is 0.238 e. The first-order chi connectivity index (χ1) is 9.93. The molecule has 0 aliphatic carbocycles. The summed E-state index contributed by atoms with van der Waals surface area (Å²) in [4.78, 5) is 11.4. The second kappa shape index (κ2) is 6.26. The maximum atomic E-state index is 12.5. The number of nitrogens with one attached hydrogen (secondary N) is 1. The fourth-order valence-electron chi connectivity index (χ4n) is 1.72. The van der Waals surface area contributed by atoms with Gasteiger partial charge >= 0.3 is 0 Å². The van der Waals surface area contributed by atoms with Crippen LogP contribution in [0.4, 0.5) is 5.69 Å². The Bertz CT molecular complexity index is 775. The maximum absolute atomic E-state index is 12.5. The van der Waals surface area contributed by atoms with Crippen molar-refractivity contribution >= 4 is 33.0 Å². The summed E-state index contributed by atoms with van der Waals surface area (Å²) < 4.78 is 25.0. The smallest absolute Gasteiger partial charge is 0.238 e. The Hall–Kier alpha value is -1.89. The molecule has 0 saturated carbocycles. The molecular weight excluding hydrogens is 312 g/mol. The molecule has 1 amide bonds. The summed E-state index contributed by atoms with van der Waals surface area (Å²) in [6, 6.07) is 12.0. The molecule has 3 N–H and O–H groups in total. The molecule has 0 unspecified atom stereocenters. The Labute approximate surface area is 127 Å². The van der Waals surface area contributed by atoms with Crippen LogP contribution in [0.15, 0.2) is 58.3 Å². The number of rotatable bonds is 4. The van der Waals surface area contributed by atoms with Crippen LogP contribution in [0.25, 0.3) is 0 Å². The van der Waals surface area contributed by atoms with Crippen LogP contribution in [0, 0.1) is 0 Å². The summed E-state index contributed by atoms with van der Waals surface area (Å²) in [6.07, 6.45) is 0. The lowest BCUT2D eigenvalue weighted by atomic mass is 10.3. The van der Waals surface area contributed by atoms with Gasteiger partial charge in [0.15, 0.2) is 0 Å². The van der Waals surface area contributed by atoms with E-state index in [1.165, 1.54) is 24.3 Å². The minimum Gasteiger partial charge on any atom is -0.325 e. The molecule has 0 atom stereocenters. The molecule has 0 aliphatic rings. The topological polar surface area (TPSA) is 89.3 Å². The summed E-state index contributed by atoms with van der Waals surface area (Å²) in [7, 11) is -3.69. The first-order valence-corrected chi connectivity index (χ1v) is 7.90. The van der Waals surface area contributed by atoms with Gasteiger partial charge in [0.25, 0.3) is 0 Å². The van der Waals surface area contributed by atoms with E-state index in [9.17, 15) is 13.2 Å². The second-order valence-electron chi connectivity index (χ2n) is 4.24. The molecule has 0 fully saturated rings. The standard InChI is InChI=1S/C14H13ClN2O3S/c15-10-3-1-5-12(7-10)21(19,20)13-6-2-4-11(8-13)17-14(18)9-16/h1-8H,9,16H2,(H,17,18). The summed E-state index contributed by atoms with van der Waals surface area (Å²) in [5, 5.41) is 2.85. The third-order valence-electron chi connectivity index (χ3n) is 2.72. The highest BCUT2D eigenvalue weighted by Gasteiger charge is 2.18. The van der Waals surface area contributed by atoms with Crippen molar-refractivity contribution in [1.29, 1.82) is 0 Å². The van der Waals surface area contributed by atoms with Crippen molar-refractivity contribution in [3.05, 3.63) is 53.6 Å². The van der Waals surface area contributed by atoms with Gasteiger partial charge in [-0.15, -0.1) is 0 Å². The van der Waals surface area contributed by atoms with Crippen LogP contribution in [0.5, 0.6) is 0 Å². The SMILES string of the molecule is NCC(=O)Nc1cccc(S(=O)(=O)c2cccc(Cl)c2)c1. The molecule has 0 aliphatic heterocycles. The van der Waals surface area contributed by atoms with Crippen LogP contribution < -0.4 is 11.1 Å². The van der Waals surface area contributed by atoms with Gasteiger partial charge in [-0.25, -0.2) is 8.42 Å². The Morgan fingerprint density at radius 2 is 1.71 bits per heavy atom. The predicted molar refractivity (Wildman–Crippen MR) is 81.0 cm³/mol. The molecule has 0 bridgehead atoms. The van der Waals surface area contributed by atoms with Gasteiger partial charge in [0, 0.05) is 10.7 Å². The quantitative estimate of drug-likeness (QED) is 0.901. The van der Waals surface area contributed by atoms with Gasteiger partial charge in [0.05, 0.1) is 16.3 Å². The van der Waals surface area contributed by atoms with E-state index in [2.05, 4.69) is 5.32 Å². The van der Waals surface area contributed by atoms with E-state index in [1.807, 2.05) is 0 Å². The van der Waals surface area contributed by atoms with Crippen molar-refractivity contribution in [2.45, 2.75) is 9.79 Å². The molecule has 0 heterocycles. The van der Waals surface area contributed by atoms with E-state index >= 15 is 0 Å². The monoisotopic (exact) mass is 324 g/mol. The number of carbonyl (C=O) groups excluding carboxylic acids is 1. The van der Waals surface area contributed by atoms with Crippen LogP contribution in [-0.2, 0) is 14.6 Å². The second-order valence-corrected chi connectivity index (χ2v) is 6.63. The van der Waals surface area contributed by atoms with Gasteiger partial charge in [0.1, 0.15) is 0 Å². The van der Waals surface area contributed by atoms with Crippen molar-refractivity contribution < 1.29 is 13.2 Å². The van der Waals surface area contributed by atoms with Gasteiger partial charge < -0.3 is 11.1 Å². The van der Waals surface area contributed by atoms with E-state index < -0.39 is 15.7 Å². The van der Waals surface area contributed by atoms with Crippen molar-refractivity contribution in [2.75, 3.05) is 11.9 Å². The van der Waals surface area contributed by atoms with Crippen molar-refractivity contribution in [1.82, 2.24) is 0 Å². The lowest BCUT2D eigenvalue weighted by molar-refractivity contribution is -0.114. The normalized spacial score (nSPS) is 11.1. The summed E-state index contributed by atoms with van der Waals surface area (Å²) >= 11 is 5.82.